The Hall–Kier alpha value is -3.47. The van der Waals surface area contributed by atoms with Crippen LogP contribution in [0.2, 0.25) is 0 Å². The maximum absolute atomic E-state index is 13.2. The van der Waals surface area contributed by atoms with Crippen LogP contribution in [-0.4, -0.2) is 35.2 Å². The lowest BCUT2D eigenvalue weighted by molar-refractivity contribution is -0.115. The van der Waals surface area contributed by atoms with Crippen LogP contribution in [0.4, 0.5) is 4.79 Å². The van der Waals surface area contributed by atoms with Crippen LogP contribution in [-0.2, 0) is 16.1 Å². The molecule has 3 aromatic rings. The van der Waals surface area contributed by atoms with Gasteiger partial charge >= 0.3 is 6.09 Å². The Morgan fingerprint density at radius 2 is 1.47 bits per heavy atom. The summed E-state index contributed by atoms with van der Waals surface area (Å²) in [5.41, 5.74) is 1.55. The van der Waals surface area contributed by atoms with E-state index in [9.17, 15) is 14.4 Å². The number of carbonyl (C=O) groups is 3. The first-order chi connectivity index (χ1) is 16.1. The first-order valence-electron chi connectivity index (χ1n) is 11.7. The largest absolute Gasteiger partial charge is 0.444 e. The molecule has 34 heavy (non-hydrogen) atoms. The second-order valence-corrected chi connectivity index (χ2v) is 9.66. The maximum Gasteiger partial charge on any atom is 0.410 e. The Morgan fingerprint density at radius 3 is 1.94 bits per heavy atom. The standard InChI is InChI=1S/C29H33NO4/c1-20(2)27(32)16-10-11-17-30(28(33)34-29(3,4)5)18-25-21-12-6-8-14-23(21)26(19-31)24-15-9-7-13-22(24)25/h6-9,12-15,19H,1,10-11,16-18H2,2-5H3. The number of unbranched alkanes of at least 4 members (excludes halogenated alkanes) is 1. The van der Waals surface area contributed by atoms with E-state index in [1.54, 1.807) is 11.8 Å². The van der Waals surface area contributed by atoms with Crippen LogP contribution in [0.15, 0.2) is 60.7 Å². The van der Waals surface area contributed by atoms with Gasteiger partial charge in [0.25, 0.3) is 0 Å². The van der Waals surface area contributed by atoms with Crippen LogP contribution >= 0.6 is 0 Å². The fourth-order valence-electron chi connectivity index (χ4n) is 4.10. The quantitative estimate of drug-likeness (QED) is 0.152. The normalized spacial score (nSPS) is 11.4. The van der Waals surface area contributed by atoms with Gasteiger partial charge in [0.15, 0.2) is 12.1 Å². The van der Waals surface area contributed by atoms with E-state index in [2.05, 4.69) is 6.58 Å². The van der Waals surface area contributed by atoms with E-state index in [0.717, 1.165) is 33.4 Å². The van der Waals surface area contributed by atoms with Crippen LogP contribution in [0, 0.1) is 0 Å². The lowest BCUT2D eigenvalue weighted by Gasteiger charge is -2.28. The number of benzene rings is 3. The van der Waals surface area contributed by atoms with Gasteiger partial charge in [0, 0.05) is 18.5 Å². The van der Waals surface area contributed by atoms with Gasteiger partial charge in [-0.3, -0.25) is 9.59 Å². The number of ketones is 1. The van der Waals surface area contributed by atoms with E-state index in [4.69, 9.17) is 4.74 Å². The van der Waals surface area contributed by atoms with Crippen molar-refractivity contribution in [2.75, 3.05) is 6.54 Å². The van der Waals surface area contributed by atoms with Gasteiger partial charge in [-0.1, -0.05) is 55.1 Å². The number of carbonyl (C=O) groups excluding carboxylic acids is 3. The molecule has 3 aromatic carbocycles. The van der Waals surface area contributed by atoms with Crippen LogP contribution in [0.3, 0.4) is 0 Å². The molecule has 0 radical (unpaired) electrons. The molecule has 0 bridgehead atoms. The molecular weight excluding hydrogens is 426 g/mol. The number of rotatable bonds is 9. The smallest absolute Gasteiger partial charge is 0.410 e. The Bertz CT molecular complexity index is 1180. The minimum atomic E-state index is -0.628. The van der Waals surface area contributed by atoms with Crippen molar-refractivity contribution in [3.63, 3.8) is 0 Å². The summed E-state index contributed by atoms with van der Waals surface area (Å²) in [5.74, 6) is 0.0465. The van der Waals surface area contributed by atoms with Crippen LogP contribution < -0.4 is 0 Å². The van der Waals surface area contributed by atoms with Gasteiger partial charge in [0.05, 0.1) is 6.54 Å². The molecule has 1 amide bonds. The van der Waals surface area contributed by atoms with Gasteiger partial charge in [-0.15, -0.1) is 0 Å². The molecule has 0 saturated carbocycles. The molecule has 0 fully saturated rings. The van der Waals surface area contributed by atoms with Crippen LogP contribution in [0.1, 0.15) is 62.9 Å². The fraction of sp³-hybridized carbons (Fsp3) is 0.345. The molecule has 0 spiro atoms. The van der Waals surface area contributed by atoms with E-state index >= 15 is 0 Å². The number of ether oxygens (including phenoxy) is 1. The molecule has 0 unspecified atom stereocenters. The number of hydrogen-bond acceptors (Lipinski definition) is 4. The minimum absolute atomic E-state index is 0.0465. The number of hydrogen-bond donors (Lipinski definition) is 0. The van der Waals surface area contributed by atoms with Crippen molar-refractivity contribution >= 4 is 39.7 Å². The monoisotopic (exact) mass is 459 g/mol. The lowest BCUT2D eigenvalue weighted by atomic mass is 9.92. The van der Waals surface area contributed by atoms with E-state index in [-0.39, 0.29) is 5.78 Å². The third kappa shape index (κ3) is 5.90. The highest BCUT2D eigenvalue weighted by atomic mass is 16.6. The SMILES string of the molecule is C=C(C)C(=O)CCCCN(Cc1c2ccccc2c(C=O)c2ccccc12)C(=O)OC(C)(C)C. The number of allylic oxidation sites excluding steroid dienone is 1. The summed E-state index contributed by atoms with van der Waals surface area (Å²) >= 11 is 0. The zero-order chi connectivity index (χ0) is 24.9. The molecule has 0 aromatic heterocycles. The Morgan fingerprint density at radius 1 is 0.941 bits per heavy atom. The average Bonchev–Trinajstić information content (AvgIpc) is 2.79. The van der Waals surface area contributed by atoms with Crippen LogP contribution in [0.25, 0.3) is 21.5 Å². The maximum atomic E-state index is 13.2. The van der Waals surface area contributed by atoms with Gasteiger partial charge in [0.1, 0.15) is 5.60 Å². The average molecular weight is 460 g/mol. The number of amides is 1. The summed E-state index contributed by atoms with van der Waals surface area (Å²) in [6.45, 7) is 11.8. The summed E-state index contributed by atoms with van der Waals surface area (Å²) in [6.07, 6.45) is 2.25. The first-order valence-corrected chi connectivity index (χ1v) is 11.7. The highest BCUT2D eigenvalue weighted by Gasteiger charge is 2.24. The fourth-order valence-corrected chi connectivity index (χ4v) is 4.10. The number of nitrogens with zero attached hydrogens (tertiary/aromatic N) is 1. The van der Waals surface area contributed by atoms with Crippen molar-refractivity contribution in [2.24, 2.45) is 0 Å². The van der Waals surface area contributed by atoms with Gasteiger partial charge in [-0.05, 0) is 73.2 Å². The van der Waals surface area contributed by atoms with E-state index < -0.39 is 11.7 Å². The minimum Gasteiger partial charge on any atom is -0.444 e. The predicted molar refractivity (Wildman–Crippen MR) is 137 cm³/mol. The molecule has 5 nitrogen and oxygen atoms in total. The van der Waals surface area contributed by atoms with Crippen molar-refractivity contribution < 1.29 is 19.1 Å². The van der Waals surface area contributed by atoms with E-state index in [1.807, 2.05) is 69.3 Å². The Balaban J connectivity index is 1.99. The van der Waals surface area contributed by atoms with E-state index in [0.29, 0.717) is 43.5 Å². The van der Waals surface area contributed by atoms with Crippen LogP contribution in [0.5, 0.6) is 0 Å². The van der Waals surface area contributed by atoms with Crippen molar-refractivity contribution in [1.29, 1.82) is 0 Å². The Labute approximate surface area is 201 Å². The van der Waals surface area contributed by atoms with Crippen molar-refractivity contribution in [3.05, 3.63) is 71.8 Å². The molecule has 0 atom stereocenters. The van der Waals surface area contributed by atoms with Crippen molar-refractivity contribution in [3.8, 4) is 0 Å². The summed E-state index contributed by atoms with van der Waals surface area (Å²) in [4.78, 5) is 38.8. The summed E-state index contributed by atoms with van der Waals surface area (Å²) in [5, 5.41) is 3.61. The molecule has 5 heteroatoms. The summed E-state index contributed by atoms with van der Waals surface area (Å²) in [6, 6.07) is 15.6. The van der Waals surface area contributed by atoms with Gasteiger partial charge in [-0.2, -0.15) is 0 Å². The molecule has 0 N–H and O–H groups in total. The number of aldehydes is 1. The number of Topliss-reactive ketones (excluding diaryl/α,β-unsaturated/α-hetero) is 1. The molecule has 3 rings (SSSR count). The summed E-state index contributed by atoms with van der Waals surface area (Å²) in [7, 11) is 0. The second-order valence-electron chi connectivity index (χ2n) is 9.66. The molecule has 0 heterocycles. The topological polar surface area (TPSA) is 63.7 Å². The molecule has 178 valence electrons. The van der Waals surface area contributed by atoms with Gasteiger partial charge in [0.2, 0.25) is 0 Å². The summed E-state index contributed by atoms with van der Waals surface area (Å²) < 4.78 is 5.71. The molecule has 0 saturated heterocycles. The molecular formula is C29H33NO4. The third-order valence-electron chi connectivity index (χ3n) is 5.76. The van der Waals surface area contributed by atoms with Crippen molar-refractivity contribution in [1.82, 2.24) is 4.90 Å². The van der Waals surface area contributed by atoms with Gasteiger partial charge in [-0.25, -0.2) is 4.79 Å². The van der Waals surface area contributed by atoms with Crippen molar-refractivity contribution in [2.45, 2.75) is 59.1 Å². The lowest BCUT2D eigenvalue weighted by Crippen LogP contribution is -2.37. The third-order valence-corrected chi connectivity index (χ3v) is 5.76. The molecule has 0 aliphatic heterocycles. The zero-order valence-corrected chi connectivity index (χ0v) is 20.5. The second kappa shape index (κ2) is 10.6. The highest BCUT2D eigenvalue weighted by molar-refractivity contribution is 6.14. The predicted octanol–water partition coefficient (Wildman–Crippen LogP) is 6.86. The Kier molecular flexibility index (Phi) is 7.87. The first kappa shape index (κ1) is 25.2. The zero-order valence-electron chi connectivity index (χ0n) is 20.5. The molecule has 0 aliphatic rings. The number of fused-ring (bicyclic) bond motifs is 2. The molecule has 0 aliphatic carbocycles. The van der Waals surface area contributed by atoms with E-state index in [1.165, 1.54) is 0 Å². The van der Waals surface area contributed by atoms with Gasteiger partial charge < -0.3 is 9.64 Å². The highest BCUT2D eigenvalue weighted by Crippen LogP contribution is 2.33.